The van der Waals surface area contributed by atoms with Crippen molar-refractivity contribution in [1.82, 2.24) is 4.90 Å². The van der Waals surface area contributed by atoms with E-state index in [9.17, 15) is 17.6 Å². The average Bonchev–Trinajstić information content (AvgIpc) is 2.32. The number of benzene rings is 1. The van der Waals surface area contributed by atoms with Crippen LogP contribution >= 0.6 is 10.7 Å². The summed E-state index contributed by atoms with van der Waals surface area (Å²) < 4.78 is 36.3. The second kappa shape index (κ2) is 5.88. The van der Waals surface area contributed by atoms with Gasteiger partial charge in [-0.2, -0.15) is 0 Å². The maximum atomic E-state index is 13.7. The lowest BCUT2D eigenvalue weighted by atomic mass is 10.1. The van der Waals surface area contributed by atoms with Crippen LogP contribution in [0, 0.1) is 12.7 Å². The molecule has 0 fully saturated rings. The first-order chi connectivity index (χ1) is 8.72. The van der Waals surface area contributed by atoms with Crippen LogP contribution in [0.2, 0.25) is 0 Å². The Hall–Kier alpha value is -1.14. The van der Waals surface area contributed by atoms with Crippen molar-refractivity contribution in [3.05, 3.63) is 29.1 Å². The molecule has 0 unspecified atom stereocenters. The van der Waals surface area contributed by atoms with Crippen LogP contribution in [0.15, 0.2) is 17.0 Å². The Bertz CT molecular complexity index is 597. The summed E-state index contributed by atoms with van der Waals surface area (Å²) in [5.74, 6) is -1.28. The maximum absolute atomic E-state index is 13.7. The van der Waals surface area contributed by atoms with E-state index in [0.717, 1.165) is 6.07 Å². The Morgan fingerprint density at radius 3 is 2.26 bits per heavy atom. The van der Waals surface area contributed by atoms with Crippen LogP contribution in [0.1, 0.15) is 29.8 Å². The summed E-state index contributed by atoms with van der Waals surface area (Å²) in [7, 11) is 0.942. The molecule has 0 spiro atoms. The molecule has 1 aromatic carbocycles. The molecule has 1 amide bonds. The summed E-state index contributed by atoms with van der Waals surface area (Å²) in [6.45, 7) is 5.96. The van der Waals surface area contributed by atoms with E-state index >= 15 is 0 Å². The van der Waals surface area contributed by atoms with Crippen molar-refractivity contribution in [3.63, 3.8) is 0 Å². The van der Waals surface area contributed by atoms with Crippen molar-refractivity contribution in [2.24, 2.45) is 0 Å². The topological polar surface area (TPSA) is 54.5 Å². The highest BCUT2D eigenvalue weighted by Gasteiger charge is 2.22. The molecule has 0 aliphatic heterocycles. The summed E-state index contributed by atoms with van der Waals surface area (Å²) in [6, 6.07) is 2.30. The molecule has 0 heterocycles. The van der Waals surface area contributed by atoms with Crippen LogP contribution in [-0.2, 0) is 9.05 Å². The third kappa shape index (κ3) is 3.45. The minimum Gasteiger partial charge on any atom is -0.339 e. The van der Waals surface area contributed by atoms with Crippen LogP contribution in [0.25, 0.3) is 0 Å². The highest BCUT2D eigenvalue weighted by Crippen LogP contribution is 2.24. The first-order valence-corrected chi connectivity index (χ1v) is 8.07. The van der Waals surface area contributed by atoms with Crippen LogP contribution in [-0.4, -0.2) is 32.3 Å². The Morgan fingerprint density at radius 1 is 1.32 bits per heavy atom. The van der Waals surface area contributed by atoms with E-state index in [2.05, 4.69) is 0 Å². The lowest BCUT2D eigenvalue weighted by Crippen LogP contribution is -2.30. The monoisotopic (exact) mass is 307 g/mol. The number of nitrogens with zero attached hydrogens (tertiary/aromatic N) is 1. The number of amides is 1. The van der Waals surface area contributed by atoms with Gasteiger partial charge in [0.2, 0.25) is 0 Å². The van der Waals surface area contributed by atoms with Gasteiger partial charge in [0.1, 0.15) is 10.7 Å². The number of hydrogen-bond acceptors (Lipinski definition) is 3. The molecule has 0 saturated heterocycles. The van der Waals surface area contributed by atoms with Gasteiger partial charge in [-0.05, 0) is 38.5 Å². The minimum absolute atomic E-state index is 0.0669. The number of aryl methyl sites for hydroxylation is 1. The predicted octanol–water partition coefficient (Wildman–Crippen LogP) is 2.54. The molecule has 0 aromatic heterocycles. The van der Waals surface area contributed by atoms with Crippen LogP contribution in [0.4, 0.5) is 4.39 Å². The molecule has 0 saturated carbocycles. The Morgan fingerprint density at radius 2 is 1.84 bits per heavy atom. The number of carbonyl (C=O) groups is 1. The Kier molecular flexibility index (Phi) is 4.92. The molecular formula is C12H15ClFNO3S. The first kappa shape index (κ1) is 15.9. The molecule has 106 valence electrons. The molecule has 7 heteroatoms. The molecule has 0 aliphatic rings. The molecule has 0 radical (unpaired) electrons. The fourth-order valence-electron chi connectivity index (χ4n) is 1.73. The van der Waals surface area contributed by atoms with E-state index in [-0.39, 0.29) is 17.0 Å². The lowest BCUT2D eigenvalue weighted by molar-refractivity contribution is 0.0772. The van der Waals surface area contributed by atoms with E-state index in [0.29, 0.717) is 13.1 Å². The largest absolute Gasteiger partial charge is 0.339 e. The summed E-state index contributed by atoms with van der Waals surface area (Å²) in [5, 5.41) is 0. The van der Waals surface area contributed by atoms with E-state index in [1.807, 2.05) is 0 Å². The van der Waals surface area contributed by atoms with E-state index in [1.54, 1.807) is 13.8 Å². The zero-order valence-corrected chi connectivity index (χ0v) is 12.5. The predicted molar refractivity (Wildman–Crippen MR) is 71.4 cm³/mol. The van der Waals surface area contributed by atoms with Gasteiger partial charge >= 0.3 is 0 Å². The molecular weight excluding hydrogens is 293 g/mol. The third-order valence-corrected chi connectivity index (χ3v) is 4.10. The van der Waals surface area contributed by atoms with Gasteiger partial charge in [-0.1, -0.05) is 0 Å². The summed E-state index contributed by atoms with van der Waals surface area (Å²) in [5.41, 5.74) is 0.180. The molecule has 0 bridgehead atoms. The van der Waals surface area contributed by atoms with Gasteiger partial charge in [-0.25, -0.2) is 12.8 Å². The molecule has 1 rings (SSSR count). The second-order valence-corrected chi connectivity index (χ2v) is 6.55. The fraction of sp³-hybridized carbons (Fsp3) is 0.417. The second-order valence-electron chi connectivity index (χ2n) is 4.02. The minimum atomic E-state index is -4.22. The van der Waals surface area contributed by atoms with E-state index in [4.69, 9.17) is 10.7 Å². The van der Waals surface area contributed by atoms with Gasteiger partial charge in [-0.3, -0.25) is 4.79 Å². The Balaban J connectivity index is 3.40. The zero-order valence-electron chi connectivity index (χ0n) is 10.9. The lowest BCUT2D eigenvalue weighted by Gasteiger charge is -2.19. The van der Waals surface area contributed by atoms with Crippen molar-refractivity contribution in [3.8, 4) is 0 Å². The molecule has 0 aliphatic carbocycles. The molecule has 0 atom stereocenters. The smallest absolute Gasteiger partial charge is 0.264 e. The van der Waals surface area contributed by atoms with Gasteiger partial charge in [0.05, 0.1) is 0 Å². The van der Waals surface area contributed by atoms with E-state index < -0.39 is 19.8 Å². The van der Waals surface area contributed by atoms with Crippen LogP contribution in [0.5, 0.6) is 0 Å². The summed E-state index contributed by atoms with van der Waals surface area (Å²) >= 11 is 0. The molecule has 1 aromatic rings. The molecule has 0 N–H and O–H groups in total. The maximum Gasteiger partial charge on any atom is 0.264 e. The van der Waals surface area contributed by atoms with Gasteiger partial charge < -0.3 is 4.90 Å². The number of carbonyl (C=O) groups excluding carboxylic acids is 1. The van der Waals surface area contributed by atoms with Gasteiger partial charge in [0, 0.05) is 29.3 Å². The quantitative estimate of drug-likeness (QED) is 0.803. The van der Waals surface area contributed by atoms with Crippen molar-refractivity contribution in [2.45, 2.75) is 25.7 Å². The van der Waals surface area contributed by atoms with Gasteiger partial charge in [-0.15, -0.1) is 0 Å². The standard InChI is InChI=1S/C12H15ClFNO3S/c1-4-15(5-2)12(16)9-6-8(3)11(14)10(7-9)19(13,17)18/h6-7H,4-5H2,1-3H3. The van der Waals surface area contributed by atoms with Crippen molar-refractivity contribution in [1.29, 1.82) is 0 Å². The van der Waals surface area contributed by atoms with Gasteiger partial charge in [0.25, 0.3) is 15.0 Å². The third-order valence-electron chi connectivity index (χ3n) is 2.78. The van der Waals surface area contributed by atoms with Crippen molar-refractivity contribution < 1.29 is 17.6 Å². The van der Waals surface area contributed by atoms with Gasteiger partial charge in [0.15, 0.2) is 0 Å². The van der Waals surface area contributed by atoms with Crippen molar-refractivity contribution >= 4 is 25.6 Å². The first-order valence-electron chi connectivity index (χ1n) is 5.76. The number of hydrogen-bond donors (Lipinski definition) is 0. The average molecular weight is 308 g/mol. The summed E-state index contributed by atoms with van der Waals surface area (Å²) in [4.78, 5) is 13.0. The van der Waals surface area contributed by atoms with Crippen molar-refractivity contribution in [2.75, 3.05) is 13.1 Å². The SMILES string of the molecule is CCN(CC)C(=O)c1cc(C)c(F)c(S(=O)(=O)Cl)c1. The molecule has 19 heavy (non-hydrogen) atoms. The Labute approximate surface area is 116 Å². The highest BCUT2D eigenvalue weighted by atomic mass is 35.7. The summed E-state index contributed by atoms with van der Waals surface area (Å²) in [6.07, 6.45) is 0. The number of rotatable bonds is 4. The highest BCUT2D eigenvalue weighted by molar-refractivity contribution is 8.13. The van der Waals surface area contributed by atoms with Crippen LogP contribution < -0.4 is 0 Å². The number of halogens is 2. The normalized spacial score (nSPS) is 11.4. The zero-order chi connectivity index (χ0) is 14.8. The van der Waals surface area contributed by atoms with Crippen LogP contribution in [0.3, 0.4) is 0 Å². The van der Waals surface area contributed by atoms with E-state index in [1.165, 1.54) is 17.9 Å². The molecule has 4 nitrogen and oxygen atoms in total. The fourth-order valence-corrected chi connectivity index (χ4v) is 2.71.